The highest BCUT2D eigenvalue weighted by Crippen LogP contribution is 2.33. The first kappa shape index (κ1) is 13.3. The molecule has 0 aliphatic rings. The van der Waals surface area contributed by atoms with Crippen LogP contribution in [0.1, 0.15) is 0 Å². The quantitative estimate of drug-likeness (QED) is 0.800. The van der Waals surface area contributed by atoms with Gasteiger partial charge in [-0.2, -0.15) is 0 Å². The zero-order valence-corrected chi connectivity index (χ0v) is 11.8. The van der Waals surface area contributed by atoms with Crippen molar-refractivity contribution in [2.24, 2.45) is 0 Å². The number of carbonyl (C=O) groups is 1. The lowest BCUT2D eigenvalue weighted by atomic mass is 10.1. The van der Waals surface area contributed by atoms with Gasteiger partial charge in [0.25, 0.3) is 0 Å². The molecule has 3 aromatic rings. The van der Waals surface area contributed by atoms with Crippen LogP contribution in [-0.4, -0.2) is 29.9 Å². The molecule has 5 nitrogen and oxygen atoms in total. The molecular weight excluding hydrogens is 270 g/mol. The van der Waals surface area contributed by atoms with E-state index in [2.05, 4.69) is 0 Å². The zero-order valence-electron chi connectivity index (χ0n) is 11.8. The number of aromatic nitrogens is 1. The van der Waals surface area contributed by atoms with Crippen molar-refractivity contribution >= 4 is 27.8 Å². The van der Waals surface area contributed by atoms with Gasteiger partial charge in [-0.15, -0.1) is 0 Å². The molecule has 21 heavy (non-hydrogen) atoms. The van der Waals surface area contributed by atoms with Crippen LogP contribution in [0.5, 0.6) is 11.5 Å². The molecule has 0 fully saturated rings. The molecule has 0 aliphatic heterocycles. The Morgan fingerprint density at radius 1 is 1.00 bits per heavy atom. The van der Waals surface area contributed by atoms with Crippen molar-refractivity contribution in [2.75, 3.05) is 14.2 Å². The number of fused-ring (bicyclic) bond motifs is 3. The van der Waals surface area contributed by atoms with Crippen LogP contribution in [0.25, 0.3) is 21.8 Å². The summed E-state index contributed by atoms with van der Waals surface area (Å²) in [6, 6.07) is 11.3. The molecule has 0 atom stereocenters. The predicted molar refractivity (Wildman–Crippen MR) is 80.2 cm³/mol. The molecule has 0 saturated heterocycles. The molecule has 108 valence electrons. The maximum Gasteiger partial charge on any atom is 0.323 e. The normalized spacial score (nSPS) is 11.0. The minimum absolute atomic E-state index is 0.111. The van der Waals surface area contributed by atoms with Gasteiger partial charge >= 0.3 is 5.97 Å². The molecule has 5 heteroatoms. The van der Waals surface area contributed by atoms with E-state index in [1.54, 1.807) is 18.8 Å². The van der Waals surface area contributed by atoms with Crippen molar-refractivity contribution in [1.82, 2.24) is 4.57 Å². The van der Waals surface area contributed by atoms with Crippen LogP contribution < -0.4 is 9.47 Å². The van der Waals surface area contributed by atoms with Crippen molar-refractivity contribution < 1.29 is 19.4 Å². The van der Waals surface area contributed by atoms with Gasteiger partial charge in [0.1, 0.15) is 18.0 Å². The van der Waals surface area contributed by atoms with Crippen molar-refractivity contribution in [3.05, 3.63) is 36.4 Å². The van der Waals surface area contributed by atoms with Gasteiger partial charge in [0.05, 0.1) is 25.3 Å². The average molecular weight is 285 g/mol. The summed E-state index contributed by atoms with van der Waals surface area (Å²) < 4.78 is 12.2. The van der Waals surface area contributed by atoms with Crippen molar-refractivity contribution in [2.45, 2.75) is 6.54 Å². The van der Waals surface area contributed by atoms with Crippen molar-refractivity contribution in [1.29, 1.82) is 0 Å². The van der Waals surface area contributed by atoms with Crippen molar-refractivity contribution in [3.8, 4) is 11.5 Å². The number of ether oxygens (including phenoxy) is 2. The van der Waals surface area contributed by atoms with E-state index in [1.165, 1.54) is 0 Å². The maximum absolute atomic E-state index is 11.2. The molecule has 0 unspecified atom stereocenters. The summed E-state index contributed by atoms with van der Waals surface area (Å²) in [5.41, 5.74) is 1.67. The second-order valence-electron chi connectivity index (χ2n) is 4.75. The van der Waals surface area contributed by atoms with Crippen LogP contribution in [0.4, 0.5) is 0 Å². The minimum Gasteiger partial charge on any atom is -0.497 e. The highest BCUT2D eigenvalue weighted by Gasteiger charge is 2.14. The van der Waals surface area contributed by atoms with E-state index in [-0.39, 0.29) is 6.54 Å². The average Bonchev–Trinajstić information content (AvgIpc) is 2.79. The first-order chi connectivity index (χ1) is 10.1. The van der Waals surface area contributed by atoms with E-state index in [9.17, 15) is 9.90 Å². The number of nitrogens with zero attached hydrogens (tertiary/aromatic N) is 1. The molecule has 0 radical (unpaired) electrons. The van der Waals surface area contributed by atoms with E-state index < -0.39 is 5.97 Å². The first-order valence-corrected chi connectivity index (χ1v) is 6.50. The van der Waals surface area contributed by atoms with Crippen LogP contribution >= 0.6 is 0 Å². The fourth-order valence-corrected chi connectivity index (χ4v) is 2.61. The molecule has 0 bridgehead atoms. The molecule has 0 saturated carbocycles. The molecule has 2 aromatic carbocycles. The number of carboxylic acid groups (broad SMARTS) is 1. The molecule has 1 heterocycles. The third kappa shape index (κ3) is 2.16. The summed E-state index contributed by atoms with van der Waals surface area (Å²) in [6.07, 6.45) is 0. The number of rotatable bonds is 4. The lowest BCUT2D eigenvalue weighted by molar-refractivity contribution is -0.137. The van der Waals surface area contributed by atoms with Gasteiger partial charge in [0.15, 0.2) is 0 Å². The smallest absolute Gasteiger partial charge is 0.323 e. The Morgan fingerprint density at radius 3 is 1.86 bits per heavy atom. The molecule has 1 N–H and O–H groups in total. The van der Waals surface area contributed by atoms with E-state index >= 15 is 0 Å². The maximum atomic E-state index is 11.2. The zero-order chi connectivity index (χ0) is 15.0. The summed E-state index contributed by atoms with van der Waals surface area (Å²) in [5, 5.41) is 11.2. The highest BCUT2D eigenvalue weighted by atomic mass is 16.5. The van der Waals surface area contributed by atoms with Crippen LogP contribution in [0.2, 0.25) is 0 Å². The standard InChI is InChI=1S/C16H15NO4/c1-20-10-3-5-12-13-6-4-11(21-2)8-15(13)17(9-16(18)19)14(12)7-10/h3-8H,9H2,1-2H3,(H,18,19). The molecule has 0 aliphatic carbocycles. The van der Waals surface area contributed by atoms with Crippen LogP contribution in [-0.2, 0) is 11.3 Å². The molecule has 0 spiro atoms. The van der Waals surface area contributed by atoms with Crippen LogP contribution in [0.15, 0.2) is 36.4 Å². The molecular formula is C16H15NO4. The molecule has 0 amide bonds. The Bertz CT molecular complexity index is 774. The summed E-state index contributed by atoms with van der Waals surface area (Å²) in [5.74, 6) is 0.507. The first-order valence-electron chi connectivity index (χ1n) is 6.50. The van der Waals surface area contributed by atoms with Gasteiger partial charge in [-0.3, -0.25) is 4.79 Å². The number of hydrogen-bond donors (Lipinski definition) is 1. The lowest BCUT2D eigenvalue weighted by Gasteiger charge is -2.06. The second kappa shape index (κ2) is 5.01. The van der Waals surface area contributed by atoms with Gasteiger partial charge in [-0.05, 0) is 24.3 Å². The number of carboxylic acids is 1. The molecule has 3 rings (SSSR count). The van der Waals surface area contributed by atoms with Crippen LogP contribution in [0.3, 0.4) is 0 Å². The fourth-order valence-electron chi connectivity index (χ4n) is 2.61. The SMILES string of the molecule is COc1ccc2c3ccc(OC)cc3n(CC(=O)O)c2c1. The van der Waals surface area contributed by atoms with Crippen LogP contribution in [0, 0.1) is 0 Å². The Hall–Kier alpha value is -2.69. The number of methoxy groups -OCH3 is 2. The van der Waals surface area contributed by atoms with Gasteiger partial charge in [-0.25, -0.2) is 0 Å². The predicted octanol–water partition coefficient (Wildman–Crippen LogP) is 2.90. The number of benzene rings is 2. The summed E-state index contributed by atoms with van der Waals surface area (Å²) in [7, 11) is 3.18. The van der Waals surface area contributed by atoms with Crippen molar-refractivity contribution in [3.63, 3.8) is 0 Å². The second-order valence-corrected chi connectivity index (χ2v) is 4.75. The van der Waals surface area contributed by atoms with E-state index in [4.69, 9.17) is 9.47 Å². The Balaban J connectivity index is 2.39. The summed E-state index contributed by atoms with van der Waals surface area (Å²) >= 11 is 0. The third-order valence-corrected chi connectivity index (χ3v) is 3.57. The Kier molecular flexibility index (Phi) is 3.17. The van der Waals surface area contributed by atoms with E-state index in [0.29, 0.717) is 11.5 Å². The highest BCUT2D eigenvalue weighted by molar-refractivity contribution is 6.09. The number of hydrogen-bond acceptors (Lipinski definition) is 3. The van der Waals surface area contributed by atoms with E-state index in [0.717, 1.165) is 21.8 Å². The topological polar surface area (TPSA) is 60.7 Å². The largest absolute Gasteiger partial charge is 0.497 e. The van der Waals surface area contributed by atoms with Gasteiger partial charge < -0.3 is 19.1 Å². The third-order valence-electron chi connectivity index (χ3n) is 3.57. The monoisotopic (exact) mass is 285 g/mol. The summed E-state index contributed by atoms with van der Waals surface area (Å²) in [6.45, 7) is -0.111. The molecule has 1 aromatic heterocycles. The fraction of sp³-hybridized carbons (Fsp3) is 0.188. The lowest BCUT2D eigenvalue weighted by Crippen LogP contribution is -2.08. The van der Waals surface area contributed by atoms with Gasteiger partial charge in [-0.1, -0.05) is 0 Å². The Labute approximate surface area is 121 Å². The number of aliphatic carboxylic acids is 1. The van der Waals surface area contributed by atoms with Gasteiger partial charge in [0, 0.05) is 22.9 Å². The van der Waals surface area contributed by atoms with Gasteiger partial charge in [0.2, 0.25) is 0 Å². The minimum atomic E-state index is -0.889. The Morgan fingerprint density at radius 2 is 1.48 bits per heavy atom. The summed E-state index contributed by atoms with van der Waals surface area (Å²) in [4.78, 5) is 11.2. The van der Waals surface area contributed by atoms with E-state index in [1.807, 2.05) is 36.4 Å².